The molecule has 6 N–H and O–H groups in total. The molecule has 0 fully saturated rings. The maximum absolute atomic E-state index is 13.7. The Balaban J connectivity index is 1.65. The number of carbonyl (C=O) groups excluding carboxylic acids is 1. The highest BCUT2D eigenvalue weighted by Gasteiger charge is 2.31. The minimum atomic E-state index is -1.50. The number of carboxylic acids is 1. The van der Waals surface area contributed by atoms with Crippen LogP contribution in [0.3, 0.4) is 0 Å². The van der Waals surface area contributed by atoms with E-state index in [0.717, 1.165) is 35.8 Å². The lowest BCUT2D eigenvalue weighted by atomic mass is 9.97. The number of hydrogen-bond acceptors (Lipinski definition) is 11. The van der Waals surface area contributed by atoms with E-state index in [-0.39, 0.29) is 36.4 Å². The molecular weight excluding hydrogens is 570 g/mol. The third-order valence-corrected chi connectivity index (χ3v) is 8.28. The molecule has 13 nitrogen and oxygen atoms in total. The van der Waals surface area contributed by atoms with Crippen LogP contribution in [-0.4, -0.2) is 64.0 Å². The van der Waals surface area contributed by atoms with E-state index in [1.807, 2.05) is 12.1 Å². The number of aliphatic hydroxyl groups excluding tert-OH is 1. The Morgan fingerprint density at radius 1 is 1.23 bits per heavy atom. The van der Waals surface area contributed by atoms with E-state index in [4.69, 9.17) is 35.9 Å². The van der Waals surface area contributed by atoms with Crippen LogP contribution < -0.4 is 21.9 Å². The van der Waals surface area contributed by atoms with Crippen LogP contribution >= 0.6 is 0 Å². The standard InChI is InChI=1S/C31H37N5O8/c1-42-15-22-19(26(38)14-37)11-25-30-21(12-35(25)31(22)41)20(18-10-17(43-2)8-9-23(18)34-30)13-36(33)24-6-4-3-5-7-27(29(24)32)44-16-28(39)40/h8-11,14,26-27,38H,3-7,12-13,15-16,32-33H2,1-2H3,(H,39,40)/b29-24-. The van der Waals surface area contributed by atoms with Gasteiger partial charge in [0.05, 0.1) is 61.2 Å². The summed E-state index contributed by atoms with van der Waals surface area (Å²) in [4.78, 5) is 41.3. The number of aliphatic hydroxyl groups is 1. The second-order valence-corrected chi connectivity index (χ2v) is 11.0. The smallest absolute Gasteiger partial charge is 0.329 e. The van der Waals surface area contributed by atoms with Crippen molar-refractivity contribution in [3.63, 3.8) is 0 Å². The minimum Gasteiger partial charge on any atom is -0.497 e. The highest BCUT2D eigenvalue weighted by molar-refractivity contribution is 5.89. The van der Waals surface area contributed by atoms with Crippen molar-refractivity contribution in [3.8, 4) is 17.1 Å². The second-order valence-electron chi connectivity index (χ2n) is 11.0. The molecule has 0 radical (unpaired) electrons. The molecule has 1 aromatic carbocycles. The van der Waals surface area contributed by atoms with Crippen LogP contribution in [0.4, 0.5) is 0 Å². The summed E-state index contributed by atoms with van der Waals surface area (Å²) in [6.45, 7) is -0.178. The van der Waals surface area contributed by atoms with E-state index in [2.05, 4.69) is 0 Å². The molecule has 1 aliphatic heterocycles. The number of methoxy groups -OCH3 is 2. The molecule has 5 rings (SSSR count). The lowest BCUT2D eigenvalue weighted by Gasteiger charge is -2.30. The Morgan fingerprint density at radius 2 is 2.02 bits per heavy atom. The summed E-state index contributed by atoms with van der Waals surface area (Å²) in [6, 6.07) is 7.09. The number of ether oxygens (including phenoxy) is 3. The van der Waals surface area contributed by atoms with Gasteiger partial charge in [0.25, 0.3) is 5.56 Å². The fraction of sp³-hybridized carbons (Fsp3) is 0.419. The number of fused-ring (bicyclic) bond motifs is 4. The first-order valence-corrected chi connectivity index (χ1v) is 14.4. The van der Waals surface area contributed by atoms with Gasteiger partial charge in [-0.15, -0.1) is 0 Å². The molecule has 13 heteroatoms. The fourth-order valence-corrected chi connectivity index (χ4v) is 6.09. The van der Waals surface area contributed by atoms with Crippen molar-refractivity contribution in [1.29, 1.82) is 0 Å². The third kappa shape index (κ3) is 5.91. The monoisotopic (exact) mass is 607 g/mol. The fourth-order valence-electron chi connectivity index (χ4n) is 6.09. The van der Waals surface area contributed by atoms with E-state index in [0.29, 0.717) is 53.2 Å². The van der Waals surface area contributed by atoms with Crippen molar-refractivity contribution in [2.24, 2.45) is 11.6 Å². The van der Waals surface area contributed by atoms with E-state index < -0.39 is 24.8 Å². The summed E-state index contributed by atoms with van der Waals surface area (Å²) < 4.78 is 17.9. The van der Waals surface area contributed by atoms with Gasteiger partial charge in [-0.05, 0) is 49.1 Å². The Bertz CT molecular complexity index is 1680. The average Bonchev–Trinajstić information content (AvgIpc) is 3.38. The SMILES string of the molecule is COCc1c(C(O)C=O)cc2n(c1=O)Cc1c-2nc2ccc(OC)cc2c1CN(N)/C1=C(\N)C(OCC(=O)O)CCCCC1. The number of aldehydes is 1. The van der Waals surface area contributed by atoms with Gasteiger partial charge in [0.2, 0.25) is 0 Å². The van der Waals surface area contributed by atoms with Gasteiger partial charge in [-0.2, -0.15) is 0 Å². The number of carbonyl (C=O) groups is 2. The molecule has 0 bridgehead atoms. The molecular formula is C31H37N5O8. The van der Waals surface area contributed by atoms with Crippen molar-refractivity contribution >= 4 is 23.2 Å². The number of rotatable bonds is 11. The van der Waals surface area contributed by atoms with Gasteiger partial charge in [-0.3, -0.25) is 4.79 Å². The van der Waals surface area contributed by atoms with Crippen LogP contribution in [0.15, 0.2) is 40.5 Å². The predicted octanol–water partition coefficient (Wildman–Crippen LogP) is 2.09. The second kappa shape index (κ2) is 13.1. The number of benzene rings is 1. The van der Waals surface area contributed by atoms with Crippen molar-refractivity contribution in [2.45, 2.75) is 64.0 Å². The molecule has 0 spiro atoms. The number of pyridine rings is 2. The molecule has 44 heavy (non-hydrogen) atoms. The van der Waals surface area contributed by atoms with Crippen molar-refractivity contribution in [1.82, 2.24) is 14.6 Å². The molecule has 3 heterocycles. The molecule has 0 saturated carbocycles. The maximum Gasteiger partial charge on any atom is 0.329 e. The topological polar surface area (TPSA) is 192 Å². The van der Waals surface area contributed by atoms with Gasteiger partial charge < -0.3 is 44.5 Å². The number of hydrazine groups is 1. The molecule has 0 saturated heterocycles. The van der Waals surface area contributed by atoms with E-state index in [1.165, 1.54) is 7.11 Å². The van der Waals surface area contributed by atoms with Crippen LogP contribution in [-0.2, 0) is 38.8 Å². The number of hydrogen-bond donors (Lipinski definition) is 4. The largest absolute Gasteiger partial charge is 0.497 e. The Labute approximate surface area is 253 Å². The van der Waals surface area contributed by atoms with Gasteiger partial charge >= 0.3 is 5.97 Å². The normalized spacial score (nSPS) is 18.7. The van der Waals surface area contributed by atoms with Crippen LogP contribution in [0.25, 0.3) is 22.3 Å². The van der Waals surface area contributed by atoms with Gasteiger partial charge in [0.15, 0.2) is 6.29 Å². The first-order chi connectivity index (χ1) is 21.2. The predicted molar refractivity (Wildman–Crippen MR) is 160 cm³/mol. The summed E-state index contributed by atoms with van der Waals surface area (Å²) in [5.41, 5.74) is 10.8. The highest BCUT2D eigenvalue weighted by atomic mass is 16.5. The van der Waals surface area contributed by atoms with Gasteiger partial charge in [0, 0.05) is 29.2 Å². The number of allylic oxidation sites excluding steroid dienone is 1. The molecule has 2 atom stereocenters. The first-order valence-electron chi connectivity index (χ1n) is 14.4. The molecule has 2 aliphatic rings. The summed E-state index contributed by atoms with van der Waals surface area (Å²) >= 11 is 0. The van der Waals surface area contributed by atoms with Crippen LogP contribution in [0.2, 0.25) is 0 Å². The molecule has 2 aromatic heterocycles. The molecule has 0 amide bonds. The molecule has 234 valence electrons. The number of nitrogens with zero attached hydrogens (tertiary/aromatic N) is 3. The number of aromatic nitrogens is 2. The van der Waals surface area contributed by atoms with Crippen molar-refractivity contribution < 1.29 is 34.0 Å². The highest BCUT2D eigenvalue weighted by Crippen LogP contribution is 2.39. The Kier molecular flexibility index (Phi) is 9.30. The zero-order valence-electron chi connectivity index (χ0n) is 24.7. The molecule has 1 aliphatic carbocycles. The van der Waals surface area contributed by atoms with E-state index in [9.17, 15) is 19.5 Å². The molecule has 3 aromatic rings. The lowest BCUT2D eigenvalue weighted by molar-refractivity contribution is -0.143. The zero-order valence-corrected chi connectivity index (χ0v) is 24.7. The Hall–Kier alpha value is -4.30. The quantitative estimate of drug-likeness (QED) is 0.110. The van der Waals surface area contributed by atoms with Crippen molar-refractivity contribution in [3.05, 3.63) is 68.3 Å². The maximum atomic E-state index is 13.7. The summed E-state index contributed by atoms with van der Waals surface area (Å²) in [6.07, 6.45) is 2.07. The number of carboxylic acid groups (broad SMARTS) is 1. The Morgan fingerprint density at radius 3 is 2.73 bits per heavy atom. The van der Waals surface area contributed by atoms with Crippen LogP contribution in [0.1, 0.15) is 60.5 Å². The summed E-state index contributed by atoms with van der Waals surface area (Å²) in [7, 11) is 3.01. The molecule has 2 unspecified atom stereocenters. The minimum absolute atomic E-state index is 0.0791. The summed E-state index contributed by atoms with van der Waals surface area (Å²) in [5.74, 6) is 6.30. The van der Waals surface area contributed by atoms with Crippen molar-refractivity contribution in [2.75, 3.05) is 20.8 Å². The average molecular weight is 608 g/mol. The zero-order chi connectivity index (χ0) is 31.5. The summed E-state index contributed by atoms with van der Waals surface area (Å²) in [5, 5.41) is 22.0. The van der Waals surface area contributed by atoms with Crippen LogP contribution in [0, 0.1) is 0 Å². The third-order valence-electron chi connectivity index (χ3n) is 8.28. The van der Waals surface area contributed by atoms with Gasteiger partial charge in [-0.1, -0.05) is 12.8 Å². The first kappa shape index (κ1) is 31.1. The van der Waals surface area contributed by atoms with Gasteiger partial charge in [-0.25, -0.2) is 15.6 Å². The number of aliphatic carboxylic acids is 1. The van der Waals surface area contributed by atoms with E-state index in [1.54, 1.807) is 28.8 Å². The number of nitrogens with two attached hydrogens (primary N) is 2. The van der Waals surface area contributed by atoms with Crippen LogP contribution in [0.5, 0.6) is 5.75 Å². The van der Waals surface area contributed by atoms with Gasteiger partial charge in [0.1, 0.15) is 18.5 Å². The van der Waals surface area contributed by atoms with E-state index >= 15 is 0 Å². The lowest BCUT2D eigenvalue weighted by Crippen LogP contribution is -2.36.